The molecule has 2 rings (SSSR count). The molecule has 0 unspecified atom stereocenters. The highest BCUT2D eigenvalue weighted by Gasteiger charge is 2.36. The van der Waals surface area contributed by atoms with Gasteiger partial charge >= 0.3 is 18.1 Å². The number of hydrogen-bond acceptors (Lipinski definition) is 6. The summed E-state index contributed by atoms with van der Waals surface area (Å²) in [4.78, 5) is 24.2. The summed E-state index contributed by atoms with van der Waals surface area (Å²) in [5.74, 6) is -1.60. The van der Waals surface area contributed by atoms with Gasteiger partial charge in [0.05, 0.1) is 18.2 Å². The second-order valence-corrected chi connectivity index (χ2v) is 8.28. The molecule has 0 aliphatic rings. The van der Waals surface area contributed by atoms with E-state index in [1.165, 1.54) is 0 Å². The maximum atomic E-state index is 13.2. The molecule has 0 aliphatic carbocycles. The summed E-state index contributed by atoms with van der Waals surface area (Å²) in [7, 11) is 0. The Kier molecular flexibility index (Phi) is 8.06. The quantitative estimate of drug-likeness (QED) is 0.603. The SMILES string of the molecule is CCOC(=O)c1cc(C(F)(F)F)nn1-c1cccc(CNC[C@H](C)C(=O)OC(C)(C)C)c1. The lowest BCUT2D eigenvalue weighted by molar-refractivity contribution is -0.159. The van der Waals surface area contributed by atoms with Gasteiger partial charge < -0.3 is 14.8 Å². The topological polar surface area (TPSA) is 82.5 Å². The molecule has 0 aliphatic heterocycles. The molecule has 1 aromatic heterocycles. The van der Waals surface area contributed by atoms with E-state index in [4.69, 9.17) is 9.47 Å². The number of nitrogens with one attached hydrogen (secondary N) is 1. The van der Waals surface area contributed by atoms with Gasteiger partial charge in [-0.3, -0.25) is 4.79 Å². The minimum atomic E-state index is -4.70. The van der Waals surface area contributed by atoms with Crippen LogP contribution in [0.25, 0.3) is 5.69 Å². The van der Waals surface area contributed by atoms with Crippen LogP contribution in [0.4, 0.5) is 13.2 Å². The standard InChI is InChI=1S/C22H28F3N3O4/c1-6-31-20(30)17-11-18(22(23,24)25)27-28(17)16-9-7-8-15(10-16)13-26-12-14(2)19(29)32-21(3,4)5/h7-11,14,26H,6,12-13H2,1-5H3/t14-/m0/s1. The van der Waals surface area contributed by atoms with E-state index < -0.39 is 23.4 Å². The fourth-order valence-corrected chi connectivity index (χ4v) is 2.78. The Balaban J connectivity index is 2.16. The van der Waals surface area contributed by atoms with Crippen LogP contribution in [0.2, 0.25) is 0 Å². The number of rotatable bonds is 8. The molecule has 0 fully saturated rings. The van der Waals surface area contributed by atoms with E-state index in [1.54, 1.807) is 58.9 Å². The van der Waals surface area contributed by atoms with Gasteiger partial charge in [0.25, 0.3) is 0 Å². The van der Waals surface area contributed by atoms with Gasteiger partial charge in [-0.1, -0.05) is 19.1 Å². The van der Waals surface area contributed by atoms with Gasteiger partial charge in [0.1, 0.15) is 5.60 Å². The third-order valence-electron chi connectivity index (χ3n) is 4.23. The lowest BCUT2D eigenvalue weighted by Crippen LogP contribution is -2.32. The fraction of sp³-hybridized carbons (Fsp3) is 0.500. The summed E-state index contributed by atoms with van der Waals surface area (Å²) in [6.07, 6.45) is -4.70. The van der Waals surface area contributed by atoms with E-state index in [1.807, 2.05) is 0 Å². The Bertz CT molecular complexity index is 949. The number of carbonyl (C=O) groups is 2. The predicted molar refractivity (Wildman–Crippen MR) is 111 cm³/mol. The zero-order valence-corrected chi connectivity index (χ0v) is 18.7. The highest BCUT2D eigenvalue weighted by atomic mass is 19.4. The lowest BCUT2D eigenvalue weighted by atomic mass is 10.1. The van der Waals surface area contributed by atoms with E-state index in [-0.39, 0.29) is 29.9 Å². The van der Waals surface area contributed by atoms with E-state index in [2.05, 4.69) is 10.4 Å². The second kappa shape index (κ2) is 10.2. The van der Waals surface area contributed by atoms with Gasteiger partial charge in [-0.2, -0.15) is 18.3 Å². The smallest absolute Gasteiger partial charge is 0.435 e. The van der Waals surface area contributed by atoms with Crippen LogP contribution < -0.4 is 5.32 Å². The van der Waals surface area contributed by atoms with Crippen molar-refractivity contribution < 1.29 is 32.2 Å². The van der Waals surface area contributed by atoms with Gasteiger partial charge in [0.15, 0.2) is 11.4 Å². The summed E-state index contributed by atoms with van der Waals surface area (Å²) < 4.78 is 50.6. The van der Waals surface area contributed by atoms with Gasteiger partial charge in [-0.25, -0.2) is 9.48 Å². The number of alkyl halides is 3. The lowest BCUT2D eigenvalue weighted by Gasteiger charge is -2.22. The summed E-state index contributed by atoms with van der Waals surface area (Å²) in [5.41, 5.74) is -1.06. The molecule has 10 heteroatoms. The van der Waals surface area contributed by atoms with Crippen LogP contribution in [0.5, 0.6) is 0 Å². The molecule has 0 radical (unpaired) electrons. The van der Waals surface area contributed by atoms with E-state index >= 15 is 0 Å². The summed E-state index contributed by atoms with van der Waals surface area (Å²) in [5, 5.41) is 6.70. The van der Waals surface area contributed by atoms with Gasteiger partial charge in [-0.05, 0) is 45.4 Å². The molecule has 1 aromatic carbocycles. The maximum absolute atomic E-state index is 13.2. The minimum absolute atomic E-state index is 0.0190. The molecule has 7 nitrogen and oxygen atoms in total. The number of esters is 2. The molecule has 0 saturated heterocycles. The van der Waals surface area contributed by atoms with Gasteiger partial charge in [0, 0.05) is 19.2 Å². The number of halogens is 3. The second-order valence-electron chi connectivity index (χ2n) is 8.28. The van der Waals surface area contributed by atoms with E-state index in [0.29, 0.717) is 19.2 Å². The van der Waals surface area contributed by atoms with Crippen LogP contribution in [-0.4, -0.2) is 40.5 Å². The molecule has 0 spiro atoms. The predicted octanol–water partition coefficient (Wildman–Crippen LogP) is 4.14. The molecule has 0 bridgehead atoms. The Morgan fingerprint density at radius 2 is 1.88 bits per heavy atom. The summed E-state index contributed by atoms with van der Waals surface area (Å²) in [6.45, 7) is 9.41. The molecule has 0 amide bonds. The van der Waals surface area contributed by atoms with Crippen molar-refractivity contribution in [1.82, 2.24) is 15.1 Å². The van der Waals surface area contributed by atoms with Crippen LogP contribution in [0, 0.1) is 5.92 Å². The molecule has 1 heterocycles. The van der Waals surface area contributed by atoms with Crippen molar-refractivity contribution in [2.75, 3.05) is 13.2 Å². The van der Waals surface area contributed by atoms with Crippen LogP contribution >= 0.6 is 0 Å². The van der Waals surface area contributed by atoms with Crippen molar-refractivity contribution in [3.63, 3.8) is 0 Å². The van der Waals surface area contributed by atoms with Crippen molar-refractivity contribution in [3.05, 3.63) is 47.3 Å². The van der Waals surface area contributed by atoms with Crippen LogP contribution in [0.3, 0.4) is 0 Å². The van der Waals surface area contributed by atoms with Gasteiger partial charge in [0.2, 0.25) is 0 Å². The Morgan fingerprint density at radius 1 is 1.19 bits per heavy atom. The van der Waals surface area contributed by atoms with Crippen molar-refractivity contribution >= 4 is 11.9 Å². The number of nitrogens with zero attached hydrogens (tertiary/aromatic N) is 2. The normalized spacial score (nSPS) is 13.0. The molecule has 0 saturated carbocycles. The zero-order chi connectivity index (χ0) is 24.1. The Morgan fingerprint density at radius 3 is 2.47 bits per heavy atom. The summed E-state index contributed by atoms with van der Waals surface area (Å²) >= 11 is 0. The fourth-order valence-electron chi connectivity index (χ4n) is 2.78. The van der Waals surface area contributed by atoms with E-state index in [9.17, 15) is 22.8 Å². The Labute approximate surface area is 184 Å². The Hall–Kier alpha value is -2.88. The van der Waals surface area contributed by atoms with Crippen molar-refractivity contribution in [2.45, 2.75) is 52.9 Å². The van der Waals surface area contributed by atoms with Crippen molar-refractivity contribution in [3.8, 4) is 5.69 Å². The summed E-state index contributed by atoms with van der Waals surface area (Å²) in [6, 6.07) is 7.25. The number of hydrogen-bond donors (Lipinski definition) is 1. The number of carbonyl (C=O) groups excluding carboxylic acids is 2. The molecular weight excluding hydrogens is 427 g/mol. The van der Waals surface area contributed by atoms with Gasteiger partial charge in [-0.15, -0.1) is 0 Å². The molecule has 32 heavy (non-hydrogen) atoms. The first kappa shape index (κ1) is 25.4. The highest BCUT2D eigenvalue weighted by molar-refractivity contribution is 5.88. The number of benzene rings is 1. The highest BCUT2D eigenvalue weighted by Crippen LogP contribution is 2.30. The number of aromatic nitrogens is 2. The maximum Gasteiger partial charge on any atom is 0.435 e. The molecular formula is C22H28F3N3O4. The van der Waals surface area contributed by atoms with Crippen LogP contribution in [0.15, 0.2) is 30.3 Å². The average molecular weight is 455 g/mol. The third-order valence-corrected chi connectivity index (χ3v) is 4.23. The van der Waals surface area contributed by atoms with Crippen molar-refractivity contribution in [1.29, 1.82) is 0 Å². The molecule has 2 aromatic rings. The molecule has 1 N–H and O–H groups in total. The average Bonchev–Trinajstić information content (AvgIpc) is 3.13. The monoisotopic (exact) mass is 455 g/mol. The third kappa shape index (κ3) is 7.08. The number of ether oxygens (including phenoxy) is 2. The first-order chi connectivity index (χ1) is 14.8. The first-order valence-corrected chi connectivity index (χ1v) is 10.2. The first-order valence-electron chi connectivity index (χ1n) is 10.2. The van der Waals surface area contributed by atoms with Crippen LogP contribution in [-0.2, 0) is 27.0 Å². The molecule has 176 valence electrons. The minimum Gasteiger partial charge on any atom is -0.461 e. The largest absolute Gasteiger partial charge is 0.461 e. The zero-order valence-electron chi connectivity index (χ0n) is 18.7. The van der Waals surface area contributed by atoms with E-state index in [0.717, 1.165) is 10.2 Å². The van der Waals surface area contributed by atoms with Crippen molar-refractivity contribution in [2.24, 2.45) is 5.92 Å². The molecule has 1 atom stereocenters. The van der Waals surface area contributed by atoms with Crippen LogP contribution in [0.1, 0.15) is 56.4 Å².